The van der Waals surface area contributed by atoms with Gasteiger partial charge in [-0.2, -0.15) is 0 Å². The molecular weight excluding hydrogens is 392 g/mol. The van der Waals surface area contributed by atoms with Crippen LogP contribution >= 0.6 is 0 Å². The lowest BCUT2D eigenvalue weighted by atomic mass is 10.1. The van der Waals surface area contributed by atoms with Gasteiger partial charge in [0.15, 0.2) is 0 Å². The van der Waals surface area contributed by atoms with Gasteiger partial charge in [-0.3, -0.25) is 10.1 Å². The maximum atomic E-state index is 12.8. The van der Waals surface area contributed by atoms with Crippen LogP contribution in [0.1, 0.15) is 19.4 Å². The van der Waals surface area contributed by atoms with Gasteiger partial charge in [-0.1, -0.05) is 38.1 Å². The lowest BCUT2D eigenvalue weighted by Gasteiger charge is -2.19. The molecule has 1 amide bonds. The number of nitrogens with zero attached hydrogens (tertiary/aromatic N) is 7. The van der Waals surface area contributed by atoms with E-state index in [-0.39, 0.29) is 12.3 Å². The first-order valence-corrected chi connectivity index (χ1v) is 10.5. The molecule has 0 saturated heterocycles. The maximum absolute atomic E-state index is 12.8. The standard InChI is InChI=1S/C22H26N8O/c1-3-28(4-2)13-14-29-20-8-6-5-7-19(20)24-22(29)25-21(31)15-17-9-11-18(12-10-17)30-16-23-26-27-30/h5-12,16H,3-4,13-15H2,1-2H3,(H,24,25,31). The van der Waals surface area contributed by atoms with Crippen LogP contribution in [0, 0.1) is 0 Å². The number of hydrogen-bond donors (Lipinski definition) is 1. The molecule has 9 heteroatoms. The van der Waals surface area contributed by atoms with Crippen molar-refractivity contribution in [2.75, 3.05) is 25.0 Å². The Morgan fingerprint density at radius 2 is 1.84 bits per heavy atom. The second kappa shape index (κ2) is 9.48. The molecule has 0 aliphatic carbocycles. The van der Waals surface area contributed by atoms with Crippen LogP contribution in [-0.2, 0) is 17.8 Å². The van der Waals surface area contributed by atoms with E-state index in [1.807, 2.05) is 48.5 Å². The number of hydrogen-bond acceptors (Lipinski definition) is 6. The first-order chi connectivity index (χ1) is 15.2. The average molecular weight is 419 g/mol. The van der Waals surface area contributed by atoms with Crippen molar-refractivity contribution in [2.45, 2.75) is 26.8 Å². The molecule has 0 aliphatic heterocycles. The normalized spacial score (nSPS) is 11.3. The van der Waals surface area contributed by atoms with Gasteiger partial charge in [-0.25, -0.2) is 9.67 Å². The van der Waals surface area contributed by atoms with Crippen molar-refractivity contribution in [3.8, 4) is 5.69 Å². The van der Waals surface area contributed by atoms with Gasteiger partial charge in [-0.05, 0) is 53.3 Å². The number of likely N-dealkylation sites (N-methyl/N-ethyl adjacent to an activating group) is 1. The fourth-order valence-corrected chi connectivity index (χ4v) is 3.58. The highest BCUT2D eigenvalue weighted by atomic mass is 16.1. The van der Waals surface area contributed by atoms with Crippen molar-refractivity contribution in [1.82, 2.24) is 34.7 Å². The van der Waals surface area contributed by atoms with Crippen molar-refractivity contribution >= 4 is 22.9 Å². The Balaban J connectivity index is 1.48. The second-order valence-corrected chi connectivity index (χ2v) is 7.25. The average Bonchev–Trinajstić information content (AvgIpc) is 3.43. The van der Waals surface area contributed by atoms with E-state index >= 15 is 0 Å². The molecule has 2 heterocycles. The second-order valence-electron chi connectivity index (χ2n) is 7.25. The zero-order valence-electron chi connectivity index (χ0n) is 17.8. The van der Waals surface area contributed by atoms with Gasteiger partial charge in [0, 0.05) is 13.1 Å². The number of nitrogens with one attached hydrogen (secondary N) is 1. The van der Waals surface area contributed by atoms with Gasteiger partial charge >= 0.3 is 0 Å². The first-order valence-electron chi connectivity index (χ1n) is 10.5. The molecule has 0 atom stereocenters. The molecule has 4 aromatic rings. The number of rotatable bonds is 9. The summed E-state index contributed by atoms with van der Waals surface area (Å²) in [5.74, 6) is 0.484. The molecule has 0 bridgehead atoms. The molecule has 2 aromatic carbocycles. The molecule has 9 nitrogen and oxygen atoms in total. The Hall–Kier alpha value is -3.59. The van der Waals surface area contributed by atoms with Crippen molar-refractivity contribution in [2.24, 2.45) is 0 Å². The summed E-state index contributed by atoms with van der Waals surface area (Å²) in [6, 6.07) is 15.5. The van der Waals surface area contributed by atoms with Crippen LogP contribution in [0.25, 0.3) is 16.7 Å². The van der Waals surface area contributed by atoms with Gasteiger partial charge in [-0.15, -0.1) is 5.10 Å². The smallest absolute Gasteiger partial charge is 0.231 e. The van der Waals surface area contributed by atoms with Crippen molar-refractivity contribution in [1.29, 1.82) is 0 Å². The zero-order chi connectivity index (χ0) is 21.6. The topological polar surface area (TPSA) is 93.8 Å². The number of carbonyl (C=O) groups is 1. The molecule has 31 heavy (non-hydrogen) atoms. The van der Waals surface area contributed by atoms with E-state index in [4.69, 9.17) is 0 Å². The van der Waals surface area contributed by atoms with E-state index < -0.39 is 0 Å². The third-order valence-electron chi connectivity index (χ3n) is 5.35. The minimum atomic E-state index is -0.102. The molecule has 160 valence electrons. The van der Waals surface area contributed by atoms with E-state index in [9.17, 15) is 4.79 Å². The van der Waals surface area contributed by atoms with Crippen LogP contribution < -0.4 is 5.32 Å². The summed E-state index contributed by atoms with van der Waals surface area (Å²) in [4.78, 5) is 19.8. The fraction of sp³-hybridized carbons (Fsp3) is 0.318. The van der Waals surface area contributed by atoms with Crippen molar-refractivity contribution < 1.29 is 4.79 Å². The number of amides is 1. The summed E-state index contributed by atoms with van der Waals surface area (Å²) in [6.07, 6.45) is 1.79. The Labute approximate surface area is 180 Å². The first kappa shape index (κ1) is 20.7. The summed E-state index contributed by atoms with van der Waals surface area (Å²) in [6.45, 7) is 7.95. The predicted molar refractivity (Wildman–Crippen MR) is 119 cm³/mol. The molecule has 0 aliphatic rings. The minimum Gasteiger partial charge on any atom is -0.309 e. The number of imidazole rings is 1. The molecular formula is C22H26N8O. The van der Waals surface area contributed by atoms with Crippen LogP contribution in [0.15, 0.2) is 54.9 Å². The summed E-state index contributed by atoms with van der Waals surface area (Å²) in [7, 11) is 0. The number of tetrazole rings is 1. The largest absolute Gasteiger partial charge is 0.309 e. The molecule has 0 fully saturated rings. The van der Waals surface area contributed by atoms with Gasteiger partial charge < -0.3 is 9.47 Å². The number of aromatic nitrogens is 6. The zero-order valence-corrected chi connectivity index (χ0v) is 17.8. The quantitative estimate of drug-likeness (QED) is 0.449. The molecule has 0 radical (unpaired) electrons. The van der Waals surface area contributed by atoms with Gasteiger partial charge in [0.05, 0.1) is 23.1 Å². The summed E-state index contributed by atoms with van der Waals surface area (Å²) < 4.78 is 3.66. The van der Waals surface area contributed by atoms with Crippen LogP contribution in [0.2, 0.25) is 0 Å². The monoisotopic (exact) mass is 418 g/mol. The van der Waals surface area contributed by atoms with Crippen molar-refractivity contribution in [3.05, 3.63) is 60.4 Å². The molecule has 0 saturated carbocycles. The highest BCUT2D eigenvalue weighted by molar-refractivity contribution is 5.92. The number of benzene rings is 2. The number of anilines is 1. The minimum absolute atomic E-state index is 0.102. The van der Waals surface area contributed by atoms with Gasteiger partial charge in [0.1, 0.15) is 6.33 Å². The van der Waals surface area contributed by atoms with E-state index in [1.54, 1.807) is 4.68 Å². The Morgan fingerprint density at radius 1 is 1.06 bits per heavy atom. The summed E-state index contributed by atoms with van der Waals surface area (Å²) in [5.41, 5.74) is 3.64. The van der Waals surface area contributed by atoms with Crippen LogP contribution in [0.4, 0.5) is 5.95 Å². The third-order valence-corrected chi connectivity index (χ3v) is 5.35. The predicted octanol–water partition coefficient (Wildman–Crippen LogP) is 2.54. The Kier molecular flexibility index (Phi) is 6.32. The summed E-state index contributed by atoms with van der Waals surface area (Å²) >= 11 is 0. The molecule has 4 rings (SSSR count). The number of fused-ring (bicyclic) bond motifs is 1. The fourth-order valence-electron chi connectivity index (χ4n) is 3.58. The van der Waals surface area contributed by atoms with Gasteiger partial charge in [0.25, 0.3) is 0 Å². The summed E-state index contributed by atoms with van der Waals surface area (Å²) in [5, 5.41) is 14.1. The number of para-hydroxylation sites is 2. The third kappa shape index (κ3) is 4.77. The molecule has 1 N–H and O–H groups in total. The highest BCUT2D eigenvalue weighted by Gasteiger charge is 2.14. The molecule has 0 unspecified atom stereocenters. The SMILES string of the molecule is CCN(CC)CCn1c(NC(=O)Cc2ccc(-n3cnnn3)cc2)nc2ccccc21. The molecule has 0 spiro atoms. The van der Waals surface area contributed by atoms with E-state index in [0.717, 1.165) is 48.5 Å². The van der Waals surface area contributed by atoms with Crippen LogP contribution in [-0.4, -0.2) is 60.2 Å². The van der Waals surface area contributed by atoms with Crippen LogP contribution in [0.3, 0.4) is 0 Å². The maximum Gasteiger partial charge on any atom is 0.231 e. The number of carbonyl (C=O) groups excluding carboxylic acids is 1. The van der Waals surface area contributed by atoms with E-state index in [2.05, 4.69) is 49.1 Å². The van der Waals surface area contributed by atoms with Crippen LogP contribution in [0.5, 0.6) is 0 Å². The lowest BCUT2D eigenvalue weighted by Crippen LogP contribution is -2.28. The molecule has 2 aromatic heterocycles. The van der Waals surface area contributed by atoms with Gasteiger partial charge in [0.2, 0.25) is 11.9 Å². The van der Waals surface area contributed by atoms with Crippen molar-refractivity contribution in [3.63, 3.8) is 0 Å². The Morgan fingerprint density at radius 3 is 2.55 bits per heavy atom. The Bertz CT molecular complexity index is 1130. The van der Waals surface area contributed by atoms with E-state index in [0.29, 0.717) is 5.95 Å². The highest BCUT2D eigenvalue weighted by Crippen LogP contribution is 2.20. The lowest BCUT2D eigenvalue weighted by molar-refractivity contribution is -0.115. The van der Waals surface area contributed by atoms with E-state index in [1.165, 1.54) is 6.33 Å².